The molecule has 0 aliphatic rings. The molecule has 0 aliphatic heterocycles. The third-order valence-electron chi connectivity index (χ3n) is 7.96. The van der Waals surface area contributed by atoms with Crippen molar-refractivity contribution in [1.29, 1.82) is 0 Å². The second-order valence-electron chi connectivity index (χ2n) is 11.2. The lowest BCUT2D eigenvalue weighted by Gasteiger charge is -2.24. The van der Waals surface area contributed by atoms with E-state index in [2.05, 4.69) is 60.9 Å². The molecule has 3 aromatic carbocycles. The van der Waals surface area contributed by atoms with Gasteiger partial charge in [-0.2, -0.15) is 0 Å². The number of rotatable bonds is 14. The highest BCUT2D eigenvalue weighted by atomic mass is 16.2. The Kier molecular flexibility index (Phi) is 10.1. The van der Waals surface area contributed by atoms with Crippen LogP contribution in [0.2, 0.25) is 0 Å². The molecule has 2 atom stereocenters. The summed E-state index contributed by atoms with van der Waals surface area (Å²) in [6.07, 6.45) is 6.66. The molecule has 44 heavy (non-hydrogen) atoms. The van der Waals surface area contributed by atoms with Crippen LogP contribution in [-0.4, -0.2) is 46.4 Å². The van der Waals surface area contributed by atoms with Gasteiger partial charge in [0.2, 0.25) is 5.91 Å². The van der Waals surface area contributed by atoms with Crippen LogP contribution >= 0.6 is 0 Å². The highest BCUT2D eigenvalue weighted by Gasteiger charge is 2.24. The second-order valence-corrected chi connectivity index (χ2v) is 11.2. The number of amides is 2. The van der Waals surface area contributed by atoms with Crippen molar-refractivity contribution < 1.29 is 9.59 Å². The Labute approximate surface area is 258 Å². The molecule has 0 spiro atoms. The van der Waals surface area contributed by atoms with Gasteiger partial charge in [-0.15, -0.1) is 0 Å². The summed E-state index contributed by atoms with van der Waals surface area (Å²) >= 11 is 0. The summed E-state index contributed by atoms with van der Waals surface area (Å²) in [6, 6.07) is 22.8. The summed E-state index contributed by atoms with van der Waals surface area (Å²) in [6.45, 7) is 6.06. The zero-order valence-corrected chi connectivity index (χ0v) is 25.6. The summed E-state index contributed by atoms with van der Waals surface area (Å²) in [4.78, 5) is 39.8. The first kappa shape index (κ1) is 30.6. The number of anilines is 1. The predicted octanol–water partition coefficient (Wildman–Crippen LogP) is 5.38. The fourth-order valence-corrected chi connectivity index (χ4v) is 5.52. The minimum atomic E-state index is -0.687. The second kappa shape index (κ2) is 14.5. The molecular weight excluding hydrogens is 550 g/mol. The van der Waals surface area contributed by atoms with Gasteiger partial charge in [0.1, 0.15) is 17.7 Å². The summed E-state index contributed by atoms with van der Waals surface area (Å²) in [5.74, 6) is 1.45. The van der Waals surface area contributed by atoms with E-state index in [1.165, 1.54) is 5.56 Å². The molecule has 0 saturated heterocycles. The number of benzene rings is 3. The molecule has 2 amide bonds. The zero-order valence-electron chi connectivity index (χ0n) is 25.6. The first-order valence-corrected chi connectivity index (χ1v) is 15.1. The third-order valence-corrected chi connectivity index (χ3v) is 7.96. The molecule has 9 heteroatoms. The number of nitrogens with one attached hydrogen (secondary N) is 5. The van der Waals surface area contributed by atoms with E-state index in [0.29, 0.717) is 25.1 Å². The SMILES string of the molecule is Cc1cc[nH]c1N(C)CCC[C@H](NC(=O)c1ccc(CNCc2ncc[nH]2)cc1)C(=O)N[C@@H](C)c1cccc2ccccc12. The molecule has 0 fully saturated rings. The van der Waals surface area contributed by atoms with Crippen LogP contribution in [0.25, 0.3) is 10.8 Å². The van der Waals surface area contributed by atoms with Gasteiger partial charge in [-0.1, -0.05) is 54.6 Å². The summed E-state index contributed by atoms with van der Waals surface area (Å²) < 4.78 is 0. The van der Waals surface area contributed by atoms with Crippen LogP contribution in [-0.2, 0) is 17.9 Å². The van der Waals surface area contributed by atoms with Crippen molar-refractivity contribution in [1.82, 2.24) is 30.9 Å². The number of aromatic amines is 2. The Morgan fingerprint density at radius 3 is 2.45 bits per heavy atom. The van der Waals surface area contributed by atoms with Gasteiger partial charge in [-0.25, -0.2) is 4.98 Å². The van der Waals surface area contributed by atoms with E-state index in [-0.39, 0.29) is 17.9 Å². The van der Waals surface area contributed by atoms with Gasteiger partial charge >= 0.3 is 0 Å². The van der Waals surface area contributed by atoms with Crippen molar-refractivity contribution in [3.05, 3.63) is 119 Å². The van der Waals surface area contributed by atoms with Crippen molar-refractivity contribution in [3.63, 3.8) is 0 Å². The third kappa shape index (κ3) is 7.73. The van der Waals surface area contributed by atoms with Crippen molar-refractivity contribution >= 4 is 28.4 Å². The predicted molar refractivity (Wildman–Crippen MR) is 175 cm³/mol. The Morgan fingerprint density at radius 2 is 1.70 bits per heavy atom. The molecule has 0 aliphatic carbocycles. The average molecular weight is 592 g/mol. The average Bonchev–Trinajstić information content (AvgIpc) is 3.72. The van der Waals surface area contributed by atoms with E-state index in [1.54, 1.807) is 24.5 Å². The minimum absolute atomic E-state index is 0.198. The molecule has 228 valence electrons. The zero-order chi connectivity index (χ0) is 30.9. The van der Waals surface area contributed by atoms with Gasteiger partial charge in [0.25, 0.3) is 5.91 Å². The Bertz CT molecular complexity index is 1660. The normalized spacial score (nSPS) is 12.5. The van der Waals surface area contributed by atoms with Gasteiger partial charge in [0.15, 0.2) is 0 Å². The number of H-pyrrole nitrogens is 2. The van der Waals surface area contributed by atoms with Crippen LogP contribution in [0.15, 0.2) is 91.4 Å². The van der Waals surface area contributed by atoms with E-state index in [4.69, 9.17) is 0 Å². The number of aromatic nitrogens is 3. The molecule has 0 bridgehead atoms. The van der Waals surface area contributed by atoms with Crippen molar-refractivity contribution in [2.75, 3.05) is 18.5 Å². The molecule has 0 saturated carbocycles. The largest absolute Gasteiger partial charge is 0.361 e. The van der Waals surface area contributed by atoms with Crippen LogP contribution in [0, 0.1) is 6.92 Å². The van der Waals surface area contributed by atoms with E-state index in [0.717, 1.165) is 46.5 Å². The van der Waals surface area contributed by atoms with E-state index in [9.17, 15) is 9.59 Å². The van der Waals surface area contributed by atoms with Gasteiger partial charge in [0.05, 0.1) is 12.6 Å². The molecule has 2 heterocycles. The fourth-order valence-electron chi connectivity index (χ4n) is 5.52. The Balaban J connectivity index is 1.24. The number of nitrogens with zero attached hydrogens (tertiary/aromatic N) is 2. The van der Waals surface area contributed by atoms with Gasteiger partial charge in [-0.3, -0.25) is 9.59 Å². The lowest BCUT2D eigenvalue weighted by Crippen LogP contribution is -2.47. The van der Waals surface area contributed by atoms with E-state index < -0.39 is 6.04 Å². The number of hydrogen-bond acceptors (Lipinski definition) is 5. The molecule has 9 nitrogen and oxygen atoms in total. The molecular formula is C35H41N7O2. The van der Waals surface area contributed by atoms with Crippen LogP contribution in [0.4, 0.5) is 5.82 Å². The Morgan fingerprint density at radius 1 is 0.909 bits per heavy atom. The lowest BCUT2D eigenvalue weighted by molar-refractivity contribution is -0.123. The number of imidazole rings is 1. The molecule has 5 N–H and O–H groups in total. The van der Waals surface area contributed by atoms with Crippen LogP contribution in [0.5, 0.6) is 0 Å². The van der Waals surface area contributed by atoms with E-state index in [1.807, 2.05) is 62.6 Å². The maximum absolute atomic E-state index is 13.7. The number of carbonyl (C=O) groups is 2. The van der Waals surface area contributed by atoms with Gasteiger partial charge < -0.3 is 30.8 Å². The smallest absolute Gasteiger partial charge is 0.251 e. The summed E-state index contributed by atoms with van der Waals surface area (Å²) in [5.41, 5.74) is 3.77. The molecule has 5 rings (SSSR count). The number of aryl methyl sites for hydroxylation is 1. The summed E-state index contributed by atoms with van der Waals surface area (Å²) in [7, 11) is 2.03. The van der Waals surface area contributed by atoms with Gasteiger partial charge in [-0.05, 0) is 72.4 Å². The summed E-state index contributed by atoms with van der Waals surface area (Å²) in [5, 5.41) is 11.8. The van der Waals surface area contributed by atoms with Crippen molar-refractivity contribution in [3.8, 4) is 0 Å². The molecule has 0 unspecified atom stereocenters. The maximum atomic E-state index is 13.7. The number of carbonyl (C=O) groups excluding carboxylic acids is 2. The lowest BCUT2D eigenvalue weighted by atomic mass is 9.99. The first-order chi connectivity index (χ1) is 21.4. The molecule has 5 aromatic rings. The molecule has 0 radical (unpaired) electrons. The van der Waals surface area contributed by atoms with Crippen molar-refractivity contribution in [2.45, 2.75) is 51.9 Å². The highest BCUT2D eigenvalue weighted by Crippen LogP contribution is 2.24. The molecule has 2 aromatic heterocycles. The topological polar surface area (TPSA) is 118 Å². The van der Waals surface area contributed by atoms with Gasteiger partial charge in [0, 0.05) is 44.3 Å². The van der Waals surface area contributed by atoms with Crippen LogP contribution in [0.3, 0.4) is 0 Å². The first-order valence-electron chi connectivity index (χ1n) is 15.1. The minimum Gasteiger partial charge on any atom is -0.361 e. The maximum Gasteiger partial charge on any atom is 0.251 e. The number of hydrogen-bond donors (Lipinski definition) is 5. The Hall–Kier alpha value is -4.89. The van der Waals surface area contributed by atoms with Crippen LogP contribution in [0.1, 0.15) is 58.7 Å². The number of fused-ring (bicyclic) bond motifs is 1. The highest BCUT2D eigenvalue weighted by molar-refractivity contribution is 5.97. The quantitative estimate of drug-likeness (QED) is 0.119. The fraction of sp³-hybridized carbons (Fsp3) is 0.286. The van der Waals surface area contributed by atoms with Crippen LogP contribution < -0.4 is 20.9 Å². The monoisotopic (exact) mass is 591 g/mol. The van der Waals surface area contributed by atoms with E-state index >= 15 is 0 Å². The van der Waals surface area contributed by atoms with Crippen molar-refractivity contribution in [2.24, 2.45) is 0 Å². The standard InChI is InChI=1S/C35H41N7O2/c1-24-17-18-39-33(24)42(3)21-7-12-31(35(44)40-25(2)29-11-6-9-27-8-4-5-10-30(27)29)41-34(43)28-15-13-26(14-16-28)22-36-23-32-37-19-20-38-32/h4-6,8-11,13-20,25,31,36,39H,7,12,21-23H2,1-3H3,(H,37,38)(H,40,44)(H,41,43)/t25-,31-/m0/s1.